The zero-order valence-corrected chi connectivity index (χ0v) is 16.4. The lowest BCUT2D eigenvalue weighted by Gasteiger charge is -2.10. The van der Waals surface area contributed by atoms with Crippen molar-refractivity contribution < 1.29 is 9.59 Å². The molecule has 7 heteroatoms. The third-order valence-corrected chi connectivity index (χ3v) is 5.72. The quantitative estimate of drug-likeness (QED) is 0.726. The Morgan fingerprint density at radius 3 is 2.50 bits per heavy atom. The summed E-state index contributed by atoms with van der Waals surface area (Å²) in [6, 6.07) is 9.26. The molecule has 1 N–H and O–H groups in total. The van der Waals surface area contributed by atoms with Gasteiger partial charge in [-0.25, -0.2) is 4.98 Å². The van der Waals surface area contributed by atoms with E-state index >= 15 is 0 Å². The molecule has 2 amide bonds. The maximum atomic E-state index is 12.5. The van der Waals surface area contributed by atoms with E-state index < -0.39 is 0 Å². The molecular weight excluding hydrogens is 366 g/mol. The molecule has 26 heavy (non-hydrogen) atoms. The zero-order valence-electron chi connectivity index (χ0n) is 14.8. The fourth-order valence-corrected chi connectivity index (χ4v) is 4.10. The van der Waals surface area contributed by atoms with E-state index in [1.807, 2.05) is 35.9 Å². The predicted molar refractivity (Wildman–Crippen MR) is 106 cm³/mol. The van der Waals surface area contributed by atoms with Gasteiger partial charge in [-0.3, -0.25) is 9.59 Å². The van der Waals surface area contributed by atoms with Crippen LogP contribution in [0, 0.1) is 6.92 Å². The molecule has 2 heterocycles. The highest BCUT2D eigenvalue weighted by Gasteiger charge is 2.16. The van der Waals surface area contributed by atoms with Gasteiger partial charge in [0.25, 0.3) is 11.8 Å². The second-order valence-corrected chi connectivity index (χ2v) is 7.80. The van der Waals surface area contributed by atoms with Crippen molar-refractivity contribution in [3.8, 4) is 10.6 Å². The molecule has 2 aromatic heterocycles. The minimum Gasteiger partial charge on any atom is -0.347 e. The highest BCUT2D eigenvalue weighted by atomic mass is 32.1. The Kier molecular flexibility index (Phi) is 5.49. The summed E-state index contributed by atoms with van der Waals surface area (Å²) >= 11 is 3.01. The van der Waals surface area contributed by atoms with E-state index in [1.165, 1.54) is 16.2 Å². The molecule has 3 rings (SSSR count). The van der Waals surface area contributed by atoms with Crippen LogP contribution in [0.1, 0.15) is 31.3 Å². The first-order valence-electron chi connectivity index (χ1n) is 8.04. The maximum absolute atomic E-state index is 12.5. The van der Waals surface area contributed by atoms with E-state index in [2.05, 4.69) is 10.3 Å². The Labute approximate surface area is 160 Å². The monoisotopic (exact) mass is 385 g/mol. The molecular formula is C19H19N3O2S2. The van der Waals surface area contributed by atoms with Gasteiger partial charge in [0.15, 0.2) is 0 Å². The smallest absolute Gasteiger partial charge is 0.263 e. The Morgan fingerprint density at radius 2 is 1.88 bits per heavy atom. The first-order valence-corrected chi connectivity index (χ1v) is 9.80. The lowest BCUT2D eigenvalue weighted by molar-refractivity contribution is 0.0827. The van der Waals surface area contributed by atoms with E-state index in [0.29, 0.717) is 17.0 Å². The number of nitrogens with zero attached hydrogens (tertiary/aromatic N) is 2. The van der Waals surface area contributed by atoms with Crippen LogP contribution in [0.2, 0.25) is 0 Å². The molecule has 0 aliphatic carbocycles. The number of aromatic nitrogens is 1. The first kappa shape index (κ1) is 18.3. The standard InChI is InChI=1S/C19H19N3O2S2/c1-12-16(26-18(21-12)15-8-9-25-11-15)17(23)20-10-13-4-6-14(7-5-13)19(24)22(2)3/h4-9,11H,10H2,1-3H3,(H,20,23). The zero-order chi connectivity index (χ0) is 18.7. The molecule has 5 nitrogen and oxygen atoms in total. The summed E-state index contributed by atoms with van der Waals surface area (Å²) in [5.74, 6) is -0.170. The summed E-state index contributed by atoms with van der Waals surface area (Å²) < 4.78 is 0. The number of benzene rings is 1. The fourth-order valence-electron chi connectivity index (χ4n) is 2.40. The number of hydrogen-bond donors (Lipinski definition) is 1. The lowest BCUT2D eigenvalue weighted by Crippen LogP contribution is -2.23. The maximum Gasteiger partial charge on any atom is 0.263 e. The topological polar surface area (TPSA) is 62.3 Å². The van der Waals surface area contributed by atoms with Gasteiger partial charge in [0, 0.05) is 37.1 Å². The normalized spacial score (nSPS) is 10.6. The van der Waals surface area contributed by atoms with Crippen LogP contribution in [0.3, 0.4) is 0 Å². The van der Waals surface area contributed by atoms with Crippen molar-refractivity contribution in [3.05, 3.63) is 62.8 Å². The number of carbonyl (C=O) groups excluding carboxylic acids is 2. The highest BCUT2D eigenvalue weighted by Crippen LogP contribution is 2.29. The van der Waals surface area contributed by atoms with Gasteiger partial charge in [-0.05, 0) is 36.1 Å². The van der Waals surface area contributed by atoms with Gasteiger partial charge in [-0.1, -0.05) is 12.1 Å². The van der Waals surface area contributed by atoms with Crippen molar-refractivity contribution in [1.82, 2.24) is 15.2 Å². The molecule has 134 valence electrons. The molecule has 0 atom stereocenters. The second-order valence-electron chi connectivity index (χ2n) is 6.02. The molecule has 0 fully saturated rings. The van der Waals surface area contributed by atoms with Crippen molar-refractivity contribution in [2.24, 2.45) is 0 Å². The second kappa shape index (κ2) is 7.80. The van der Waals surface area contributed by atoms with Crippen LogP contribution in [0.4, 0.5) is 0 Å². The fraction of sp³-hybridized carbons (Fsp3) is 0.211. The van der Waals surface area contributed by atoms with Gasteiger partial charge >= 0.3 is 0 Å². The third kappa shape index (κ3) is 4.00. The number of aryl methyl sites for hydroxylation is 1. The lowest BCUT2D eigenvalue weighted by atomic mass is 10.1. The Morgan fingerprint density at radius 1 is 1.15 bits per heavy atom. The van der Waals surface area contributed by atoms with Gasteiger partial charge in [-0.2, -0.15) is 11.3 Å². The molecule has 0 radical (unpaired) electrons. The van der Waals surface area contributed by atoms with E-state index in [1.54, 1.807) is 37.6 Å². The van der Waals surface area contributed by atoms with E-state index in [9.17, 15) is 9.59 Å². The number of rotatable bonds is 5. The van der Waals surface area contributed by atoms with E-state index in [4.69, 9.17) is 0 Å². The molecule has 0 unspecified atom stereocenters. The summed E-state index contributed by atoms with van der Waals surface area (Å²) in [6.45, 7) is 2.25. The SMILES string of the molecule is Cc1nc(-c2ccsc2)sc1C(=O)NCc1ccc(C(=O)N(C)C)cc1. The van der Waals surface area contributed by atoms with Crippen molar-refractivity contribution in [2.75, 3.05) is 14.1 Å². The summed E-state index contributed by atoms with van der Waals surface area (Å²) in [4.78, 5) is 31.0. The Balaban J connectivity index is 1.65. The van der Waals surface area contributed by atoms with Crippen molar-refractivity contribution in [3.63, 3.8) is 0 Å². The van der Waals surface area contributed by atoms with Crippen LogP contribution in [0.5, 0.6) is 0 Å². The molecule has 3 aromatic rings. The summed E-state index contributed by atoms with van der Waals surface area (Å²) in [6.07, 6.45) is 0. The number of thiophene rings is 1. The molecule has 0 saturated heterocycles. The predicted octanol–water partition coefficient (Wildman–Crippen LogP) is 3.81. The highest BCUT2D eigenvalue weighted by molar-refractivity contribution is 7.17. The molecule has 0 aliphatic heterocycles. The van der Waals surface area contributed by atoms with Crippen molar-refractivity contribution >= 4 is 34.5 Å². The van der Waals surface area contributed by atoms with Crippen LogP contribution in [0.25, 0.3) is 10.6 Å². The average molecular weight is 386 g/mol. The van der Waals surface area contributed by atoms with Crippen LogP contribution >= 0.6 is 22.7 Å². The van der Waals surface area contributed by atoms with Gasteiger partial charge in [0.2, 0.25) is 0 Å². The largest absolute Gasteiger partial charge is 0.347 e. The average Bonchev–Trinajstić information content (AvgIpc) is 3.29. The van der Waals surface area contributed by atoms with Gasteiger partial charge in [0.05, 0.1) is 5.69 Å². The molecule has 0 spiro atoms. The first-order chi connectivity index (χ1) is 12.5. The molecule has 0 bridgehead atoms. The Bertz CT molecular complexity index is 913. The minimum absolute atomic E-state index is 0.0400. The Hall–Kier alpha value is -2.51. The third-order valence-electron chi connectivity index (χ3n) is 3.83. The molecule has 1 aromatic carbocycles. The summed E-state index contributed by atoms with van der Waals surface area (Å²) in [5, 5.41) is 7.81. The van der Waals surface area contributed by atoms with Gasteiger partial charge < -0.3 is 10.2 Å². The summed E-state index contributed by atoms with van der Waals surface area (Å²) in [7, 11) is 3.44. The van der Waals surface area contributed by atoms with Crippen LogP contribution < -0.4 is 5.32 Å². The number of carbonyl (C=O) groups is 2. The van der Waals surface area contributed by atoms with Crippen molar-refractivity contribution in [1.29, 1.82) is 0 Å². The van der Waals surface area contributed by atoms with Gasteiger partial charge in [-0.15, -0.1) is 11.3 Å². The summed E-state index contributed by atoms with van der Waals surface area (Å²) in [5.41, 5.74) is 3.35. The van der Waals surface area contributed by atoms with Crippen molar-refractivity contribution in [2.45, 2.75) is 13.5 Å². The van der Waals surface area contributed by atoms with Crippen LogP contribution in [0.15, 0.2) is 41.1 Å². The number of nitrogens with one attached hydrogen (secondary N) is 1. The molecule has 0 saturated carbocycles. The van der Waals surface area contributed by atoms with E-state index in [0.717, 1.165) is 21.8 Å². The van der Waals surface area contributed by atoms with Crippen LogP contribution in [-0.4, -0.2) is 35.8 Å². The number of amides is 2. The minimum atomic E-state index is -0.130. The van der Waals surface area contributed by atoms with E-state index in [-0.39, 0.29) is 11.8 Å². The molecule has 0 aliphatic rings. The number of hydrogen-bond acceptors (Lipinski definition) is 5. The number of thiazole rings is 1. The van der Waals surface area contributed by atoms with Gasteiger partial charge in [0.1, 0.15) is 9.88 Å². The van der Waals surface area contributed by atoms with Crippen LogP contribution in [-0.2, 0) is 6.54 Å².